The standard InChI is InChI=1S/C17H27NO2/c1-4-19-15-7-5-8-16(13-15)20-17(9-6-10-17)11-12-18-14(2)3/h5,7-8,13-14,18H,4,6,9-12H2,1-3H3. The first-order valence-corrected chi connectivity index (χ1v) is 7.79. The summed E-state index contributed by atoms with van der Waals surface area (Å²) < 4.78 is 11.8. The van der Waals surface area contributed by atoms with E-state index in [0.717, 1.165) is 37.3 Å². The Morgan fingerprint density at radius 1 is 1.25 bits per heavy atom. The largest absolute Gasteiger partial charge is 0.494 e. The molecular formula is C17H27NO2. The molecule has 0 atom stereocenters. The van der Waals surface area contributed by atoms with E-state index >= 15 is 0 Å². The Morgan fingerprint density at radius 2 is 2.00 bits per heavy atom. The zero-order valence-corrected chi connectivity index (χ0v) is 12.9. The molecule has 0 amide bonds. The van der Waals surface area contributed by atoms with E-state index in [9.17, 15) is 0 Å². The minimum Gasteiger partial charge on any atom is -0.494 e. The zero-order chi connectivity index (χ0) is 14.4. The van der Waals surface area contributed by atoms with Crippen LogP contribution < -0.4 is 14.8 Å². The number of hydrogen-bond donors (Lipinski definition) is 1. The van der Waals surface area contributed by atoms with E-state index in [-0.39, 0.29) is 5.60 Å². The van der Waals surface area contributed by atoms with Crippen LogP contribution in [0.25, 0.3) is 0 Å². The predicted octanol–water partition coefficient (Wildman–Crippen LogP) is 3.77. The van der Waals surface area contributed by atoms with Crippen molar-refractivity contribution >= 4 is 0 Å². The quantitative estimate of drug-likeness (QED) is 0.784. The summed E-state index contributed by atoms with van der Waals surface area (Å²) in [6.45, 7) is 8.06. The Labute approximate surface area is 122 Å². The van der Waals surface area contributed by atoms with Crippen LogP contribution in [0.3, 0.4) is 0 Å². The van der Waals surface area contributed by atoms with Crippen molar-refractivity contribution in [2.24, 2.45) is 0 Å². The van der Waals surface area contributed by atoms with E-state index < -0.39 is 0 Å². The Kier molecular flexibility index (Phi) is 5.30. The van der Waals surface area contributed by atoms with E-state index in [2.05, 4.69) is 19.2 Å². The molecule has 0 saturated heterocycles. The third kappa shape index (κ3) is 4.14. The Morgan fingerprint density at radius 3 is 2.60 bits per heavy atom. The van der Waals surface area contributed by atoms with Gasteiger partial charge in [-0.05, 0) is 51.3 Å². The van der Waals surface area contributed by atoms with Gasteiger partial charge in [-0.3, -0.25) is 0 Å². The van der Waals surface area contributed by atoms with Gasteiger partial charge in [0.25, 0.3) is 0 Å². The Bertz CT molecular complexity index is 413. The van der Waals surface area contributed by atoms with Crippen molar-refractivity contribution in [1.29, 1.82) is 0 Å². The highest BCUT2D eigenvalue weighted by molar-refractivity contribution is 5.33. The fourth-order valence-corrected chi connectivity index (χ4v) is 2.61. The van der Waals surface area contributed by atoms with Crippen molar-refractivity contribution in [3.8, 4) is 11.5 Å². The third-order valence-electron chi connectivity index (χ3n) is 3.85. The molecule has 0 heterocycles. The van der Waals surface area contributed by atoms with Crippen LogP contribution in [0.5, 0.6) is 11.5 Å². The van der Waals surface area contributed by atoms with Gasteiger partial charge in [0.1, 0.15) is 17.1 Å². The highest BCUT2D eigenvalue weighted by Crippen LogP contribution is 2.39. The summed E-state index contributed by atoms with van der Waals surface area (Å²) in [5, 5.41) is 3.48. The molecule has 0 radical (unpaired) electrons. The second-order valence-electron chi connectivity index (χ2n) is 5.91. The molecular weight excluding hydrogens is 250 g/mol. The lowest BCUT2D eigenvalue weighted by Crippen LogP contribution is -2.45. The van der Waals surface area contributed by atoms with Gasteiger partial charge in [0, 0.05) is 12.1 Å². The maximum Gasteiger partial charge on any atom is 0.123 e. The molecule has 20 heavy (non-hydrogen) atoms. The van der Waals surface area contributed by atoms with Crippen LogP contribution in [0, 0.1) is 0 Å². The molecule has 1 aromatic rings. The van der Waals surface area contributed by atoms with E-state index in [1.54, 1.807) is 0 Å². The van der Waals surface area contributed by atoms with Crippen LogP contribution in [0.15, 0.2) is 24.3 Å². The lowest BCUT2D eigenvalue weighted by Gasteiger charge is -2.42. The summed E-state index contributed by atoms with van der Waals surface area (Å²) in [7, 11) is 0. The van der Waals surface area contributed by atoms with Gasteiger partial charge in [-0.2, -0.15) is 0 Å². The number of hydrogen-bond acceptors (Lipinski definition) is 3. The van der Waals surface area contributed by atoms with Gasteiger partial charge in [-0.1, -0.05) is 19.9 Å². The molecule has 1 aromatic carbocycles. The fourth-order valence-electron chi connectivity index (χ4n) is 2.61. The highest BCUT2D eigenvalue weighted by atomic mass is 16.5. The van der Waals surface area contributed by atoms with Crippen molar-refractivity contribution in [3.05, 3.63) is 24.3 Å². The van der Waals surface area contributed by atoms with Gasteiger partial charge in [-0.15, -0.1) is 0 Å². The molecule has 1 aliphatic rings. The maximum atomic E-state index is 6.29. The SMILES string of the molecule is CCOc1cccc(OC2(CCNC(C)C)CCC2)c1. The first-order valence-electron chi connectivity index (χ1n) is 7.79. The fraction of sp³-hybridized carbons (Fsp3) is 0.647. The molecule has 0 spiro atoms. The average molecular weight is 277 g/mol. The minimum atomic E-state index is 0.0345. The summed E-state index contributed by atoms with van der Waals surface area (Å²) in [6.07, 6.45) is 4.66. The smallest absolute Gasteiger partial charge is 0.123 e. The molecule has 0 unspecified atom stereocenters. The maximum absolute atomic E-state index is 6.29. The molecule has 1 N–H and O–H groups in total. The summed E-state index contributed by atoms with van der Waals surface area (Å²) in [6, 6.07) is 8.54. The summed E-state index contributed by atoms with van der Waals surface area (Å²) in [5.74, 6) is 1.82. The van der Waals surface area contributed by atoms with Crippen LogP contribution >= 0.6 is 0 Å². The second-order valence-corrected chi connectivity index (χ2v) is 5.91. The van der Waals surface area contributed by atoms with Crippen molar-refractivity contribution in [2.45, 2.75) is 58.1 Å². The van der Waals surface area contributed by atoms with Gasteiger partial charge in [0.15, 0.2) is 0 Å². The van der Waals surface area contributed by atoms with E-state index in [1.807, 2.05) is 31.2 Å². The topological polar surface area (TPSA) is 30.5 Å². The summed E-state index contributed by atoms with van der Waals surface area (Å²) >= 11 is 0. The van der Waals surface area contributed by atoms with Gasteiger partial charge in [0.2, 0.25) is 0 Å². The molecule has 2 rings (SSSR count). The monoisotopic (exact) mass is 277 g/mol. The average Bonchev–Trinajstić information content (AvgIpc) is 2.36. The first-order chi connectivity index (χ1) is 9.63. The predicted molar refractivity (Wildman–Crippen MR) is 82.6 cm³/mol. The summed E-state index contributed by atoms with van der Waals surface area (Å²) in [5.41, 5.74) is 0.0345. The molecule has 112 valence electrons. The number of nitrogens with one attached hydrogen (secondary N) is 1. The highest BCUT2D eigenvalue weighted by Gasteiger charge is 2.38. The van der Waals surface area contributed by atoms with Crippen LogP contribution in [0.4, 0.5) is 0 Å². The second kappa shape index (κ2) is 6.98. The van der Waals surface area contributed by atoms with Crippen molar-refractivity contribution < 1.29 is 9.47 Å². The Balaban J connectivity index is 1.93. The molecule has 3 heteroatoms. The van der Waals surface area contributed by atoms with Crippen molar-refractivity contribution in [2.75, 3.05) is 13.2 Å². The Hall–Kier alpha value is -1.22. The van der Waals surface area contributed by atoms with Gasteiger partial charge in [0.05, 0.1) is 6.61 Å². The lowest BCUT2D eigenvalue weighted by atomic mass is 9.77. The van der Waals surface area contributed by atoms with Crippen LogP contribution in [0.1, 0.15) is 46.5 Å². The van der Waals surface area contributed by atoms with Gasteiger partial charge >= 0.3 is 0 Å². The lowest BCUT2D eigenvalue weighted by molar-refractivity contribution is -0.0146. The molecule has 0 aliphatic heterocycles. The van der Waals surface area contributed by atoms with Gasteiger partial charge < -0.3 is 14.8 Å². The molecule has 1 fully saturated rings. The number of ether oxygens (including phenoxy) is 2. The molecule has 3 nitrogen and oxygen atoms in total. The van der Waals surface area contributed by atoms with Crippen molar-refractivity contribution in [3.63, 3.8) is 0 Å². The minimum absolute atomic E-state index is 0.0345. The van der Waals surface area contributed by atoms with E-state index in [1.165, 1.54) is 6.42 Å². The number of benzene rings is 1. The molecule has 0 aromatic heterocycles. The first kappa shape index (κ1) is 15.2. The molecule has 0 bridgehead atoms. The van der Waals surface area contributed by atoms with Crippen LogP contribution in [-0.2, 0) is 0 Å². The normalized spacial score (nSPS) is 16.8. The van der Waals surface area contributed by atoms with Gasteiger partial charge in [-0.25, -0.2) is 0 Å². The van der Waals surface area contributed by atoms with E-state index in [4.69, 9.17) is 9.47 Å². The zero-order valence-electron chi connectivity index (χ0n) is 12.9. The van der Waals surface area contributed by atoms with E-state index in [0.29, 0.717) is 12.6 Å². The van der Waals surface area contributed by atoms with Crippen molar-refractivity contribution in [1.82, 2.24) is 5.32 Å². The van der Waals surface area contributed by atoms with Crippen LogP contribution in [0.2, 0.25) is 0 Å². The molecule has 1 saturated carbocycles. The third-order valence-corrected chi connectivity index (χ3v) is 3.85. The number of rotatable bonds is 8. The molecule has 1 aliphatic carbocycles. The van der Waals surface area contributed by atoms with Crippen LogP contribution in [-0.4, -0.2) is 24.8 Å². The summed E-state index contributed by atoms with van der Waals surface area (Å²) in [4.78, 5) is 0.